The van der Waals surface area contributed by atoms with Crippen molar-refractivity contribution in [1.29, 1.82) is 0 Å². The Bertz CT molecular complexity index is 878. The van der Waals surface area contributed by atoms with Crippen molar-refractivity contribution in [1.82, 2.24) is 4.57 Å². The highest BCUT2D eigenvalue weighted by Crippen LogP contribution is 2.18. The monoisotopic (exact) mass is 333 g/mol. The zero-order chi connectivity index (χ0) is 17.8. The van der Waals surface area contributed by atoms with Crippen LogP contribution in [0.1, 0.15) is 35.1 Å². The maximum absolute atomic E-state index is 12.8. The lowest BCUT2D eigenvalue weighted by molar-refractivity contribution is -0.682. The van der Waals surface area contributed by atoms with Gasteiger partial charge in [0.25, 0.3) is 0 Å². The fraction of sp³-hybridized carbons (Fsp3) is 0.273. The van der Waals surface area contributed by atoms with Crippen LogP contribution in [0.4, 0.5) is 0 Å². The molecule has 128 valence electrons. The molecule has 0 bridgehead atoms. The van der Waals surface area contributed by atoms with E-state index >= 15 is 0 Å². The minimum atomic E-state index is 0.158. The molecule has 3 nitrogen and oxygen atoms in total. The number of carbonyl (C=O) groups excluding carboxylic acids is 1. The summed E-state index contributed by atoms with van der Waals surface area (Å²) in [4.78, 5) is 12.8. The van der Waals surface area contributed by atoms with E-state index in [1.165, 1.54) is 0 Å². The number of pyridine rings is 1. The molecule has 0 fully saturated rings. The van der Waals surface area contributed by atoms with Crippen molar-refractivity contribution in [2.24, 2.45) is 0 Å². The number of carbonyl (C=O) groups is 1. The van der Waals surface area contributed by atoms with Crippen molar-refractivity contribution in [2.45, 2.75) is 40.3 Å². The second-order valence-corrected chi connectivity index (χ2v) is 6.49. The molecule has 0 saturated carbocycles. The molecule has 25 heavy (non-hydrogen) atoms. The maximum Gasteiger partial charge on any atom is 0.229 e. The molecule has 0 aliphatic heterocycles. The lowest BCUT2D eigenvalue weighted by atomic mass is 10.1. The molecule has 2 heterocycles. The SMILES string of the molecule is CCCn1c(C)cc(C(=O)C[n+]2cccc(-c3ccccc3)c2)c1C. The van der Waals surface area contributed by atoms with Crippen LogP contribution >= 0.6 is 0 Å². The van der Waals surface area contributed by atoms with Crippen LogP contribution in [0.15, 0.2) is 60.9 Å². The fourth-order valence-electron chi connectivity index (χ4n) is 3.32. The molecule has 3 rings (SSSR count). The average Bonchev–Trinajstić information content (AvgIpc) is 2.91. The first-order valence-electron chi connectivity index (χ1n) is 8.84. The molecule has 0 saturated heterocycles. The summed E-state index contributed by atoms with van der Waals surface area (Å²) in [5.41, 5.74) is 5.34. The van der Waals surface area contributed by atoms with Gasteiger partial charge in [0.2, 0.25) is 12.3 Å². The summed E-state index contributed by atoms with van der Waals surface area (Å²) in [6.45, 7) is 7.59. The average molecular weight is 333 g/mol. The third-order valence-electron chi connectivity index (χ3n) is 4.61. The Morgan fingerprint density at radius 2 is 1.76 bits per heavy atom. The molecule has 0 spiro atoms. The Hall–Kier alpha value is -2.68. The molecule has 0 aliphatic rings. The third kappa shape index (κ3) is 3.71. The van der Waals surface area contributed by atoms with Crippen molar-refractivity contribution in [2.75, 3.05) is 0 Å². The van der Waals surface area contributed by atoms with Crippen LogP contribution in [-0.2, 0) is 13.1 Å². The summed E-state index contributed by atoms with van der Waals surface area (Å²) in [6.07, 6.45) is 5.06. The first-order chi connectivity index (χ1) is 12.1. The van der Waals surface area contributed by atoms with E-state index in [-0.39, 0.29) is 5.78 Å². The van der Waals surface area contributed by atoms with Gasteiger partial charge in [-0.25, -0.2) is 0 Å². The van der Waals surface area contributed by atoms with E-state index in [9.17, 15) is 4.79 Å². The van der Waals surface area contributed by atoms with E-state index in [2.05, 4.69) is 36.6 Å². The van der Waals surface area contributed by atoms with Gasteiger partial charge in [0.1, 0.15) is 0 Å². The van der Waals surface area contributed by atoms with E-state index in [0.717, 1.165) is 41.0 Å². The normalized spacial score (nSPS) is 10.8. The number of aryl methyl sites for hydroxylation is 1. The van der Waals surface area contributed by atoms with E-state index in [0.29, 0.717) is 6.54 Å². The molecular formula is C22H25N2O+. The van der Waals surface area contributed by atoms with Crippen LogP contribution in [0.5, 0.6) is 0 Å². The first kappa shape index (κ1) is 17.2. The number of hydrogen-bond donors (Lipinski definition) is 0. The highest BCUT2D eigenvalue weighted by atomic mass is 16.1. The Morgan fingerprint density at radius 1 is 1.04 bits per heavy atom. The molecule has 3 heteroatoms. The summed E-state index contributed by atoms with van der Waals surface area (Å²) in [5.74, 6) is 0.158. The molecule has 0 aliphatic carbocycles. The van der Waals surface area contributed by atoms with Crippen LogP contribution in [-0.4, -0.2) is 10.4 Å². The van der Waals surface area contributed by atoms with Crippen molar-refractivity contribution >= 4 is 5.78 Å². The number of benzene rings is 1. The summed E-state index contributed by atoms with van der Waals surface area (Å²) >= 11 is 0. The zero-order valence-corrected chi connectivity index (χ0v) is 15.2. The Kier molecular flexibility index (Phi) is 5.13. The van der Waals surface area contributed by atoms with Gasteiger partial charge in [-0.2, -0.15) is 4.57 Å². The number of aromatic nitrogens is 2. The third-order valence-corrected chi connectivity index (χ3v) is 4.61. The fourth-order valence-corrected chi connectivity index (χ4v) is 3.32. The maximum atomic E-state index is 12.8. The Morgan fingerprint density at radius 3 is 2.48 bits per heavy atom. The van der Waals surface area contributed by atoms with Gasteiger partial charge >= 0.3 is 0 Å². The highest BCUT2D eigenvalue weighted by Gasteiger charge is 2.19. The van der Waals surface area contributed by atoms with Gasteiger partial charge in [-0.15, -0.1) is 0 Å². The minimum Gasteiger partial charge on any atom is -0.348 e. The number of Topliss-reactive ketones (excluding diaryl/α,β-unsaturated/α-hetero) is 1. The van der Waals surface area contributed by atoms with Crippen molar-refractivity contribution in [3.63, 3.8) is 0 Å². The number of ketones is 1. The zero-order valence-electron chi connectivity index (χ0n) is 15.2. The summed E-state index contributed by atoms with van der Waals surface area (Å²) < 4.78 is 4.20. The van der Waals surface area contributed by atoms with Gasteiger partial charge in [-0.3, -0.25) is 4.79 Å². The predicted molar refractivity (Wildman–Crippen MR) is 101 cm³/mol. The number of rotatable bonds is 6. The van der Waals surface area contributed by atoms with Crippen molar-refractivity contribution in [3.05, 3.63) is 77.9 Å². The molecule has 0 amide bonds. The number of hydrogen-bond acceptors (Lipinski definition) is 1. The second kappa shape index (κ2) is 7.47. The minimum absolute atomic E-state index is 0.158. The van der Waals surface area contributed by atoms with E-state index in [4.69, 9.17) is 0 Å². The van der Waals surface area contributed by atoms with Gasteiger partial charge in [0.15, 0.2) is 12.4 Å². The Labute approximate surface area is 149 Å². The molecule has 3 aromatic rings. The van der Waals surface area contributed by atoms with Crippen LogP contribution in [0, 0.1) is 13.8 Å². The molecule has 0 unspecified atom stereocenters. The first-order valence-corrected chi connectivity index (χ1v) is 8.84. The predicted octanol–water partition coefficient (Wildman–Crippen LogP) is 4.35. The second-order valence-electron chi connectivity index (χ2n) is 6.49. The quantitative estimate of drug-likeness (QED) is 0.486. The highest BCUT2D eigenvalue weighted by molar-refractivity contribution is 5.96. The van der Waals surface area contributed by atoms with E-state index < -0.39 is 0 Å². The lowest BCUT2D eigenvalue weighted by Crippen LogP contribution is -2.37. The topological polar surface area (TPSA) is 25.9 Å². The smallest absolute Gasteiger partial charge is 0.229 e. The molecule has 0 atom stereocenters. The van der Waals surface area contributed by atoms with Crippen LogP contribution < -0.4 is 4.57 Å². The van der Waals surface area contributed by atoms with Crippen LogP contribution in [0.3, 0.4) is 0 Å². The van der Waals surface area contributed by atoms with Gasteiger partial charge in [0.05, 0.1) is 0 Å². The molecule has 0 N–H and O–H groups in total. The van der Waals surface area contributed by atoms with E-state index in [1.54, 1.807) is 0 Å². The van der Waals surface area contributed by atoms with Crippen LogP contribution in [0.2, 0.25) is 0 Å². The van der Waals surface area contributed by atoms with Gasteiger partial charge in [-0.05, 0) is 38.0 Å². The lowest BCUT2D eigenvalue weighted by Gasteiger charge is -2.07. The summed E-state index contributed by atoms with van der Waals surface area (Å²) in [7, 11) is 0. The molecular weight excluding hydrogens is 308 g/mol. The van der Waals surface area contributed by atoms with E-state index in [1.807, 2.05) is 54.2 Å². The van der Waals surface area contributed by atoms with Gasteiger partial charge < -0.3 is 4.57 Å². The standard InChI is InChI=1S/C22H25N2O/c1-4-12-24-17(2)14-21(18(24)3)22(25)16-23-13-8-11-20(15-23)19-9-6-5-7-10-19/h5-11,13-15H,4,12,16H2,1-3H3/q+1. The summed E-state index contributed by atoms with van der Waals surface area (Å²) in [6, 6.07) is 16.3. The molecule has 0 radical (unpaired) electrons. The van der Waals surface area contributed by atoms with Crippen molar-refractivity contribution in [3.8, 4) is 11.1 Å². The molecule has 1 aromatic carbocycles. The Balaban J connectivity index is 1.83. The molecule has 2 aromatic heterocycles. The van der Waals surface area contributed by atoms with Crippen LogP contribution in [0.25, 0.3) is 11.1 Å². The van der Waals surface area contributed by atoms with Crippen molar-refractivity contribution < 1.29 is 9.36 Å². The van der Waals surface area contributed by atoms with Gasteiger partial charge in [-0.1, -0.05) is 37.3 Å². The van der Waals surface area contributed by atoms with Gasteiger partial charge in [0, 0.05) is 35.1 Å². The summed E-state index contributed by atoms with van der Waals surface area (Å²) in [5, 5.41) is 0. The number of nitrogens with zero attached hydrogens (tertiary/aromatic N) is 2. The largest absolute Gasteiger partial charge is 0.348 e.